The second kappa shape index (κ2) is 6.64. The molecule has 0 saturated heterocycles. The number of fused-ring (bicyclic) bond motifs is 4. The van der Waals surface area contributed by atoms with Crippen molar-refractivity contribution in [2.75, 3.05) is 11.4 Å². The van der Waals surface area contributed by atoms with Crippen LogP contribution in [0.15, 0.2) is 65.7 Å². The van der Waals surface area contributed by atoms with Gasteiger partial charge >= 0.3 is 0 Å². The normalized spacial score (nSPS) is 13.4. The fourth-order valence-corrected chi connectivity index (χ4v) is 4.11. The standard InChI is InChI=1S/C22H20N4O2/c27-20(25-15-11-16-6-1-2-7-17(16)25)10-5-14-26-21-18(8-3-12-23-21)24-13-4-9-19(24)22(26)28/h1-4,6-9,12-13H,5,10-11,14-15H2. The van der Waals surface area contributed by atoms with Crippen molar-refractivity contribution in [1.82, 2.24) is 14.0 Å². The molecule has 0 fully saturated rings. The van der Waals surface area contributed by atoms with Gasteiger partial charge in [-0.1, -0.05) is 18.2 Å². The zero-order chi connectivity index (χ0) is 19.1. The molecule has 28 heavy (non-hydrogen) atoms. The van der Waals surface area contributed by atoms with Crippen LogP contribution in [0.3, 0.4) is 0 Å². The molecule has 140 valence electrons. The zero-order valence-electron chi connectivity index (χ0n) is 15.4. The molecule has 0 atom stereocenters. The summed E-state index contributed by atoms with van der Waals surface area (Å²) in [7, 11) is 0. The molecule has 3 aromatic heterocycles. The Hall–Kier alpha value is -3.41. The highest BCUT2D eigenvalue weighted by atomic mass is 16.2. The molecule has 0 spiro atoms. The molecule has 4 heterocycles. The van der Waals surface area contributed by atoms with Gasteiger partial charge in [0.05, 0.1) is 5.52 Å². The first kappa shape index (κ1) is 16.7. The number of rotatable bonds is 4. The summed E-state index contributed by atoms with van der Waals surface area (Å²) in [5.41, 5.74) is 4.33. The van der Waals surface area contributed by atoms with E-state index in [1.54, 1.807) is 10.8 Å². The molecule has 6 nitrogen and oxygen atoms in total. The molecule has 1 aliphatic rings. The van der Waals surface area contributed by atoms with Gasteiger partial charge in [-0.25, -0.2) is 4.98 Å². The lowest BCUT2D eigenvalue weighted by molar-refractivity contribution is -0.118. The first-order chi connectivity index (χ1) is 13.7. The number of carbonyl (C=O) groups excluding carboxylic acids is 1. The molecule has 0 aliphatic carbocycles. The maximum atomic E-state index is 12.9. The maximum absolute atomic E-state index is 12.9. The van der Waals surface area contributed by atoms with Gasteiger partial charge in [0.1, 0.15) is 5.52 Å². The monoisotopic (exact) mass is 372 g/mol. The number of amides is 1. The van der Waals surface area contributed by atoms with Crippen LogP contribution < -0.4 is 10.5 Å². The Morgan fingerprint density at radius 1 is 1.04 bits per heavy atom. The van der Waals surface area contributed by atoms with Crippen molar-refractivity contribution < 1.29 is 4.79 Å². The molecule has 0 N–H and O–H groups in total. The van der Waals surface area contributed by atoms with Gasteiger partial charge in [-0.3, -0.25) is 14.2 Å². The molecular weight excluding hydrogens is 352 g/mol. The average molecular weight is 372 g/mol. The first-order valence-electron chi connectivity index (χ1n) is 9.57. The summed E-state index contributed by atoms with van der Waals surface area (Å²) in [5, 5.41) is 0. The number of aryl methyl sites for hydroxylation is 1. The predicted molar refractivity (Wildman–Crippen MR) is 109 cm³/mol. The lowest BCUT2D eigenvalue weighted by atomic mass is 10.2. The molecule has 5 rings (SSSR count). The Kier molecular flexibility index (Phi) is 3.97. The van der Waals surface area contributed by atoms with Crippen molar-refractivity contribution >= 4 is 28.3 Å². The van der Waals surface area contributed by atoms with E-state index in [0.717, 1.165) is 24.2 Å². The summed E-state index contributed by atoms with van der Waals surface area (Å²) < 4.78 is 3.56. The van der Waals surface area contributed by atoms with Crippen LogP contribution in [0.25, 0.3) is 16.7 Å². The van der Waals surface area contributed by atoms with Crippen LogP contribution in [-0.2, 0) is 17.8 Å². The number of hydrogen-bond donors (Lipinski definition) is 0. The van der Waals surface area contributed by atoms with E-state index in [1.807, 2.05) is 58.0 Å². The summed E-state index contributed by atoms with van der Waals surface area (Å²) in [6.45, 7) is 1.20. The van der Waals surface area contributed by atoms with E-state index < -0.39 is 0 Å². The second-order valence-corrected chi connectivity index (χ2v) is 7.09. The molecule has 0 radical (unpaired) electrons. The zero-order valence-corrected chi connectivity index (χ0v) is 15.4. The fourth-order valence-electron chi connectivity index (χ4n) is 4.11. The van der Waals surface area contributed by atoms with Crippen LogP contribution in [0.4, 0.5) is 5.69 Å². The molecule has 0 unspecified atom stereocenters. The van der Waals surface area contributed by atoms with Gasteiger partial charge in [0.2, 0.25) is 5.91 Å². The van der Waals surface area contributed by atoms with Gasteiger partial charge in [0.25, 0.3) is 5.56 Å². The molecule has 1 aliphatic heterocycles. The predicted octanol–water partition coefficient (Wildman–Crippen LogP) is 3.02. The van der Waals surface area contributed by atoms with Crippen LogP contribution in [0.5, 0.6) is 0 Å². The highest BCUT2D eigenvalue weighted by Crippen LogP contribution is 2.28. The number of benzene rings is 1. The Labute approximate surface area is 161 Å². The SMILES string of the molecule is O=C(CCCn1c(=O)c2cccn2c2cccnc21)N1CCc2ccccc21. The summed E-state index contributed by atoms with van der Waals surface area (Å²) in [5.74, 6) is 0.110. The van der Waals surface area contributed by atoms with E-state index >= 15 is 0 Å². The number of nitrogens with zero attached hydrogens (tertiary/aromatic N) is 4. The third-order valence-electron chi connectivity index (χ3n) is 5.45. The first-order valence-corrected chi connectivity index (χ1v) is 9.57. The lowest BCUT2D eigenvalue weighted by Gasteiger charge is -2.17. The summed E-state index contributed by atoms with van der Waals surface area (Å²) >= 11 is 0. The quantitative estimate of drug-likeness (QED) is 0.553. The van der Waals surface area contributed by atoms with Crippen molar-refractivity contribution in [2.45, 2.75) is 25.8 Å². The Bertz CT molecular complexity index is 1250. The van der Waals surface area contributed by atoms with E-state index in [-0.39, 0.29) is 11.5 Å². The van der Waals surface area contributed by atoms with E-state index in [4.69, 9.17) is 0 Å². The number of pyridine rings is 1. The van der Waals surface area contributed by atoms with Crippen LogP contribution in [-0.4, -0.2) is 26.4 Å². The summed E-state index contributed by atoms with van der Waals surface area (Å²) in [6.07, 6.45) is 5.47. The number of para-hydroxylation sites is 1. The molecular formula is C22H20N4O2. The molecule has 0 saturated carbocycles. The Morgan fingerprint density at radius 2 is 1.89 bits per heavy atom. The molecule has 6 heteroatoms. The van der Waals surface area contributed by atoms with Crippen LogP contribution in [0, 0.1) is 0 Å². The average Bonchev–Trinajstić information content (AvgIpc) is 3.38. The number of carbonyl (C=O) groups is 1. The van der Waals surface area contributed by atoms with Crippen molar-refractivity contribution in [3.05, 3.63) is 76.8 Å². The third kappa shape index (κ3) is 2.60. The van der Waals surface area contributed by atoms with E-state index in [0.29, 0.717) is 30.6 Å². The number of aromatic nitrogens is 3. The van der Waals surface area contributed by atoms with Gasteiger partial charge in [0, 0.05) is 37.6 Å². The number of hydrogen-bond acceptors (Lipinski definition) is 3. The van der Waals surface area contributed by atoms with Gasteiger partial charge in [-0.2, -0.15) is 0 Å². The maximum Gasteiger partial charge on any atom is 0.276 e. The fraction of sp³-hybridized carbons (Fsp3) is 0.227. The molecule has 4 aromatic rings. The van der Waals surface area contributed by atoms with Gasteiger partial charge < -0.3 is 9.30 Å². The van der Waals surface area contributed by atoms with Gasteiger partial charge in [-0.15, -0.1) is 0 Å². The molecule has 1 aromatic carbocycles. The van der Waals surface area contributed by atoms with E-state index in [2.05, 4.69) is 11.1 Å². The molecule has 0 bridgehead atoms. The highest BCUT2D eigenvalue weighted by molar-refractivity contribution is 5.95. The van der Waals surface area contributed by atoms with Crippen molar-refractivity contribution in [3.63, 3.8) is 0 Å². The van der Waals surface area contributed by atoms with Crippen LogP contribution in [0.1, 0.15) is 18.4 Å². The van der Waals surface area contributed by atoms with E-state index in [1.165, 1.54) is 5.56 Å². The Balaban J connectivity index is 1.39. The third-order valence-corrected chi connectivity index (χ3v) is 5.45. The molecule has 1 amide bonds. The summed E-state index contributed by atoms with van der Waals surface area (Å²) in [4.78, 5) is 31.9. The van der Waals surface area contributed by atoms with Gasteiger partial charge in [0.15, 0.2) is 5.65 Å². The van der Waals surface area contributed by atoms with Crippen molar-refractivity contribution in [3.8, 4) is 0 Å². The van der Waals surface area contributed by atoms with Gasteiger partial charge in [-0.05, 0) is 48.7 Å². The highest BCUT2D eigenvalue weighted by Gasteiger charge is 2.23. The topological polar surface area (TPSA) is 59.6 Å². The largest absolute Gasteiger partial charge is 0.312 e. The minimum absolute atomic E-state index is 0.0739. The van der Waals surface area contributed by atoms with Crippen LogP contribution >= 0.6 is 0 Å². The summed E-state index contributed by atoms with van der Waals surface area (Å²) in [6, 6.07) is 15.6. The minimum atomic E-state index is -0.0739. The van der Waals surface area contributed by atoms with Crippen molar-refractivity contribution in [2.24, 2.45) is 0 Å². The number of anilines is 1. The Morgan fingerprint density at radius 3 is 2.82 bits per heavy atom. The second-order valence-electron chi connectivity index (χ2n) is 7.09. The van der Waals surface area contributed by atoms with Crippen molar-refractivity contribution in [1.29, 1.82) is 0 Å². The van der Waals surface area contributed by atoms with Crippen LogP contribution in [0.2, 0.25) is 0 Å². The lowest BCUT2D eigenvalue weighted by Crippen LogP contribution is -2.29. The minimum Gasteiger partial charge on any atom is -0.312 e. The smallest absolute Gasteiger partial charge is 0.276 e. The van der Waals surface area contributed by atoms with E-state index in [9.17, 15) is 9.59 Å².